The molecule has 10 nitrogen and oxygen atoms in total. The summed E-state index contributed by atoms with van der Waals surface area (Å²) in [7, 11) is 2.78. The predicted octanol–water partition coefficient (Wildman–Crippen LogP) is 3.97. The van der Waals surface area contributed by atoms with Crippen LogP contribution in [-0.2, 0) is 9.47 Å². The molecule has 2 aromatic heterocycles. The van der Waals surface area contributed by atoms with Crippen LogP contribution >= 0.6 is 0 Å². The molecule has 1 aliphatic carbocycles. The van der Waals surface area contributed by atoms with E-state index in [2.05, 4.69) is 9.80 Å². The number of carbonyl (C=O) groups is 2. The third kappa shape index (κ3) is 4.87. The van der Waals surface area contributed by atoms with Gasteiger partial charge >= 0.3 is 12.1 Å². The molecule has 1 aromatic carbocycles. The molecule has 6 rings (SSSR count). The highest BCUT2D eigenvalue weighted by Crippen LogP contribution is 2.43. The number of methoxy groups -OCH3 is 2. The number of benzene rings is 1. The molecule has 0 radical (unpaired) electrons. The van der Waals surface area contributed by atoms with Crippen LogP contribution in [-0.4, -0.2) is 96.2 Å². The fraction of sp³-hybridized carbons (Fsp3) is 0.517. The van der Waals surface area contributed by atoms with E-state index in [1.165, 1.54) is 26.4 Å². The van der Waals surface area contributed by atoms with Crippen LogP contribution in [0, 0.1) is 5.82 Å². The van der Waals surface area contributed by atoms with Gasteiger partial charge in [0.05, 0.1) is 36.7 Å². The molecule has 0 atom stereocenters. The second kappa shape index (κ2) is 11.0. The number of piperazine rings is 1. The van der Waals surface area contributed by atoms with Crippen LogP contribution in [0.1, 0.15) is 54.2 Å². The number of anilines is 1. The first-order chi connectivity index (χ1) is 19.5. The van der Waals surface area contributed by atoms with Gasteiger partial charge in [0.25, 0.3) is 0 Å². The number of pyridine rings is 1. The molecule has 1 saturated carbocycles. The number of nitrogens with zero attached hydrogens (tertiary/aromatic N) is 6. The van der Waals surface area contributed by atoms with Gasteiger partial charge in [-0.3, -0.25) is 4.90 Å². The molecule has 1 amide bonds. The van der Waals surface area contributed by atoms with Gasteiger partial charge in [-0.25, -0.2) is 23.6 Å². The normalized spacial score (nSPS) is 19.1. The Kier molecular flexibility index (Phi) is 7.31. The number of fused-ring (bicyclic) bond motifs is 1. The molecule has 2 saturated heterocycles. The van der Waals surface area contributed by atoms with Gasteiger partial charge in [0.2, 0.25) is 0 Å². The van der Waals surface area contributed by atoms with Crippen LogP contribution in [0.15, 0.2) is 30.3 Å². The van der Waals surface area contributed by atoms with E-state index in [4.69, 9.17) is 19.6 Å². The summed E-state index contributed by atoms with van der Waals surface area (Å²) in [6.07, 6.45) is 4.97. The van der Waals surface area contributed by atoms with Gasteiger partial charge in [-0.05, 0) is 56.0 Å². The maximum Gasteiger partial charge on any atom is 0.409 e. The highest BCUT2D eigenvalue weighted by molar-refractivity contribution is 5.99. The number of carbonyl (C=O) groups excluding carboxylic acids is 2. The fourth-order valence-corrected chi connectivity index (χ4v) is 6.18. The van der Waals surface area contributed by atoms with Crippen molar-refractivity contribution in [2.75, 3.05) is 58.4 Å². The average Bonchev–Trinajstić information content (AvgIpc) is 3.34. The number of ether oxygens (including phenoxy) is 2. The van der Waals surface area contributed by atoms with Gasteiger partial charge in [0.15, 0.2) is 11.3 Å². The smallest absolute Gasteiger partial charge is 0.409 e. The molecule has 212 valence electrons. The number of halogens is 1. The van der Waals surface area contributed by atoms with E-state index in [9.17, 15) is 14.0 Å². The number of hydrogen-bond acceptors (Lipinski definition) is 8. The van der Waals surface area contributed by atoms with Gasteiger partial charge in [-0.15, -0.1) is 0 Å². The summed E-state index contributed by atoms with van der Waals surface area (Å²) in [6, 6.07) is 8.47. The second-order valence-electron chi connectivity index (χ2n) is 10.8. The van der Waals surface area contributed by atoms with Crippen LogP contribution in [0.4, 0.5) is 14.9 Å². The maximum atomic E-state index is 13.7. The van der Waals surface area contributed by atoms with Crippen molar-refractivity contribution >= 4 is 28.8 Å². The topological polar surface area (TPSA) is 93.0 Å². The zero-order chi connectivity index (χ0) is 27.8. The lowest BCUT2D eigenvalue weighted by Gasteiger charge is -2.43. The van der Waals surface area contributed by atoms with Crippen LogP contribution in [0.5, 0.6) is 0 Å². The largest absolute Gasteiger partial charge is 0.464 e. The van der Waals surface area contributed by atoms with Crippen molar-refractivity contribution in [2.45, 2.75) is 44.1 Å². The molecule has 40 heavy (non-hydrogen) atoms. The van der Waals surface area contributed by atoms with Gasteiger partial charge in [-0.1, -0.05) is 6.42 Å². The van der Waals surface area contributed by atoms with Crippen molar-refractivity contribution in [1.82, 2.24) is 24.6 Å². The number of hydrogen-bond donors (Lipinski definition) is 0. The minimum Gasteiger partial charge on any atom is -0.464 e. The predicted molar refractivity (Wildman–Crippen MR) is 148 cm³/mol. The third-order valence-electron chi connectivity index (χ3n) is 8.67. The van der Waals surface area contributed by atoms with Crippen molar-refractivity contribution in [3.8, 4) is 5.69 Å². The van der Waals surface area contributed by atoms with Crippen molar-refractivity contribution < 1.29 is 23.5 Å². The van der Waals surface area contributed by atoms with Crippen molar-refractivity contribution in [2.24, 2.45) is 0 Å². The lowest BCUT2D eigenvalue weighted by atomic mass is 9.82. The summed E-state index contributed by atoms with van der Waals surface area (Å²) in [5, 5.41) is 5.98. The molecule has 2 aliphatic heterocycles. The number of piperidine rings is 1. The van der Waals surface area contributed by atoms with Crippen LogP contribution in [0.25, 0.3) is 16.7 Å². The number of aromatic nitrogens is 3. The molecule has 3 aromatic rings. The Bertz CT molecular complexity index is 1390. The highest BCUT2D eigenvalue weighted by atomic mass is 19.1. The van der Waals surface area contributed by atoms with E-state index < -0.39 is 5.97 Å². The number of amides is 1. The van der Waals surface area contributed by atoms with Crippen LogP contribution < -0.4 is 4.90 Å². The Hall–Kier alpha value is -3.73. The van der Waals surface area contributed by atoms with E-state index in [-0.39, 0.29) is 17.6 Å². The molecule has 3 fully saturated rings. The van der Waals surface area contributed by atoms with Crippen molar-refractivity contribution in [1.29, 1.82) is 0 Å². The molecule has 0 bridgehead atoms. The quantitative estimate of drug-likeness (QED) is 0.441. The first kappa shape index (κ1) is 26.5. The summed E-state index contributed by atoms with van der Waals surface area (Å²) in [6.45, 7) is 4.67. The highest BCUT2D eigenvalue weighted by Gasteiger charge is 2.33. The Balaban J connectivity index is 1.32. The molecule has 0 N–H and O–H groups in total. The van der Waals surface area contributed by atoms with Crippen molar-refractivity contribution in [3.63, 3.8) is 0 Å². The molecule has 3 aliphatic rings. The molecular formula is C29H35FN6O4. The molecule has 11 heteroatoms. The maximum absolute atomic E-state index is 13.7. The second-order valence-corrected chi connectivity index (χ2v) is 10.8. The SMILES string of the molecule is COC(=O)c1cc(N2CCC(N3CCN(C(=O)OC)CC3)CC2)c2c(C3CCC3)nn(-c3ccc(F)cc3)c2n1. The van der Waals surface area contributed by atoms with Gasteiger partial charge < -0.3 is 19.3 Å². The van der Waals surface area contributed by atoms with Gasteiger partial charge in [-0.2, -0.15) is 5.10 Å². The summed E-state index contributed by atoms with van der Waals surface area (Å²) in [5.74, 6) is -0.492. The van der Waals surface area contributed by atoms with Crippen molar-refractivity contribution in [3.05, 3.63) is 47.5 Å². The fourth-order valence-electron chi connectivity index (χ4n) is 6.18. The minimum atomic E-state index is -0.501. The summed E-state index contributed by atoms with van der Waals surface area (Å²) in [4.78, 5) is 35.9. The van der Waals surface area contributed by atoms with Gasteiger partial charge in [0, 0.05) is 51.2 Å². The third-order valence-corrected chi connectivity index (χ3v) is 8.67. The lowest BCUT2D eigenvalue weighted by molar-refractivity contribution is 0.0594. The first-order valence-electron chi connectivity index (χ1n) is 14.1. The Morgan fingerprint density at radius 3 is 2.23 bits per heavy atom. The van der Waals surface area contributed by atoms with Gasteiger partial charge in [0.1, 0.15) is 5.82 Å². The average molecular weight is 551 g/mol. The number of rotatable bonds is 5. The number of esters is 1. The monoisotopic (exact) mass is 550 g/mol. The molecular weight excluding hydrogens is 515 g/mol. The van der Waals surface area contributed by atoms with E-state index in [1.807, 2.05) is 6.07 Å². The summed E-state index contributed by atoms with van der Waals surface area (Å²) < 4.78 is 25.4. The Morgan fingerprint density at radius 2 is 1.62 bits per heavy atom. The first-order valence-corrected chi connectivity index (χ1v) is 14.1. The molecule has 0 spiro atoms. The lowest BCUT2D eigenvalue weighted by Crippen LogP contribution is -2.54. The minimum absolute atomic E-state index is 0.231. The van der Waals surface area contributed by atoms with Crippen LogP contribution in [0.3, 0.4) is 0 Å². The summed E-state index contributed by atoms with van der Waals surface area (Å²) in [5.41, 5.74) is 3.46. The van der Waals surface area contributed by atoms with E-state index in [1.54, 1.807) is 21.7 Å². The van der Waals surface area contributed by atoms with E-state index >= 15 is 0 Å². The van der Waals surface area contributed by atoms with Crippen LogP contribution in [0.2, 0.25) is 0 Å². The molecule has 0 unspecified atom stereocenters. The molecule has 4 heterocycles. The Morgan fingerprint density at radius 1 is 0.925 bits per heavy atom. The van der Waals surface area contributed by atoms with E-state index in [0.29, 0.717) is 36.4 Å². The van der Waals surface area contributed by atoms with E-state index in [0.717, 1.165) is 75.1 Å². The zero-order valence-corrected chi connectivity index (χ0v) is 23.0. The summed E-state index contributed by atoms with van der Waals surface area (Å²) >= 11 is 0. The zero-order valence-electron chi connectivity index (χ0n) is 23.0. The standard InChI is InChI=1S/C29H35FN6O4/c1-39-28(37)23-18-24(34-12-10-21(11-13-34)33-14-16-35(17-15-33)29(38)40-2)25-26(19-4-3-5-19)32-36(27(25)31-23)22-8-6-20(30)7-9-22/h6-9,18-19,21H,3-5,10-17H2,1-2H3. The Labute approximate surface area is 232 Å².